The minimum atomic E-state index is -0.877. The Bertz CT molecular complexity index is 1380. The van der Waals surface area contributed by atoms with Crippen LogP contribution in [0.25, 0.3) is 17.1 Å². The first-order chi connectivity index (χ1) is 15.8. The lowest BCUT2D eigenvalue weighted by atomic mass is 10.1. The summed E-state index contributed by atoms with van der Waals surface area (Å²) in [6.45, 7) is 0. The minimum Gasteiger partial charge on any atom is -0.378 e. The number of benzene rings is 2. The monoisotopic (exact) mass is 455 g/mol. The second-order valence-corrected chi connectivity index (χ2v) is 6.34. The van der Waals surface area contributed by atoms with Crippen LogP contribution in [0.2, 0.25) is 0 Å². The van der Waals surface area contributed by atoms with E-state index in [4.69, 9.17) is 5.73 Å². The summed E-state index contributed by atoms with van der Waals surface area (Å²) in [6, 6.07) is 7.88. The van der Waals surface area contributed by atoms with Crippen molar-refractivity contribution in [1.29, 1.82) is 0 Å². The Balaban J connectivity index is 1.70. The van der Waals surface area contributed by atoms with Crippen molar-refractivity contribution >= 4 is 23.6 Å². The van der Waals surface area contributed by atoms with E-state index in [1.54, 1.807) is 0 Å². The number of nitrogens with two attached hydrogens (primary N) is 1. The van der Waals surface area contributed by atoms with Crippen LogP contribution in [-0.4, -0.2) is 42.4 Å². The van der Waals surface area contributed by atoms with Gasteiger partial charge >= 0.3 is 0 Å². The zero-order chi connectivity index (χ0) is 23.5. The van der Waals surface area contributed by atoms with Crippen molar-refractivity contribution in [1.82, 2.24) is 30.7 Å². The predicted molar refractivity (Wildman–Crippen MR) is 107 cm³/mol. The van der Waals surface area contributed by atoms with Crippen molar-refractivity contribution in [3.8, 4) is 17.1 Å². The highest BCUT2D eigenvalue weighted by Crippen LogP contribution is 2.28. The van der Waals surface area contributed by atoms with Crippen LogP contribution in [0, 0.1) is 21.7 Å². The quantitative estimate of drug-likeness (QED) is 0.249. The molecule has 2 heterocycles. The van der Waals surface area contributed by atoms with Crippen LogP contribution >= 0.6 is 0 Å². The summed E-state index contributed by atoms with van der Waals surface area (Å²) in [5.41, 5.74) is 7.51. The second kappa shape index (κ2) is 8.58. The van der Waals surface area contributed by atoms with E-state index in [-0.39, 0.29) is 34.3 Å². The summed E-state index contributed by atoms with van der Waals surface area (Å²) >= 11 is 0. The summed E-state index contributed by atoms with van der Waals surface area (Å²) in [6.07, 6.45) is 0.909. The van der Waals surface area contributed by atoms with Crippen molar-refractivity contribution in [3.05, 3.63) is 75.5 Å². The van der Waals surface area contributed by atoms with Crippen molar-refractivity contribution < 1.29 is 23.1 Å². The van der Waals surface area contributed by atoms with Gasteiger partial charge in [0.1, 0.15) is 17.3 Å². The summed E-state index contributed by atoms with van der Waals surface area (Å²) in [4.78, 5) is 23.1. The molecule has 0 saturated carbocycles. The molecule has 15 heteroatoms. The highest BCUT2D eigenvalue weighted by atomic mass is 19.1. The number of amides is 1. The molecule has 0 unspecified atom stereocenters. The highest BCUT2D eigenvalue weighted by molar-refractivity contribution is 5.98. The normalized spacial score (nSPS) is 11.1. The lowest BCUT2D eigenvalue weighted by Gasteiger charge is -2.05. The molecule has 0 aliphatic heterocycles. The van der Waals surface area contributed by atoms with Crippen molar-refractivity contribution in [2.45, 2.75) is 0 Å². The zero-order valence-electron chi connectivity index (χ0n) is 16.2. The average molecular weight is 455 g/mol. The fraction of sp³-hybridized carbons (Fsp3) is 0. The number of nitrogen functional groups attached to an aromatic ring is 1. The van der Waals surface area contributed by atoms with Crippen LogP contribution in [-0.2, 0) is 0 Å². The summed E-state index contributed by atoms with van der Waals surface area (Å²) < 4.78 is 32.6. The lowest BCUT2D eigenvalue weighted by molar-refractivity contribution is -0.384. The van der Waals surface area contributed by atoms with Gasteiger partial charge in [-0.3, -0.25) is 14.9 Å². The first kappa shape index (κ1) is 21.2. The van der Waals surface area contributed by atoms with Crippen molar-refractivity contribution in [3.63, 3.8) is 0 Å². The third kappa shape index (κ3) is 4.22. The number of nitro groups is 1. The maximum Gasteiger partial charge on any atom is 0.294 e. The maximum absolute atomic E-state index is 13.7. The number of carbonyl (C=O) groups excluding carboxylic acids is 1. The van der Waals surface area contributed by atoms with Crippen LogP contribution in [0.4, 0.5) is 20.3 Å². The van der Waals surface area contributed by atoms with Crippen molar-refractivity contribution in [2.24, 2.45) is 5.10 Å². The maximum atomic E-state index is 13.7. The number of aromatic nitrogens is 5. The van der Waals surface area contributed by atoms with Gasteiger partial charge in [-0.05, 0) is 40.6 Å². The number of anilines is 1. The molecule has 0 aliphatic rings. The van der Waals surface area contributed by atoms with E-state index in [0.29, 0.717) is 5.56 Å². The summed E-state index contributed by atoms with van der Waals surface area (Å²) in [5.74, 6) is -2.56. The van der Waals surface area contributed by atoms with Gasteiger partial charge in [-0.15, -0.1) is 5.10 Å². The van der Waals surface area contributed by atoms with Crippen molar-refractivity contribution in [2.75, 3.05) is 5.73 Å². The van der Waals surface area contributed by atoms with Gasteiger partial charge in [-0.25, -0.2) is 18.8 Å². The Morgan fingerprint density at radius 2 is 1.97 bits per heavy atom. The lowest BCUT2D eigenvalue weighted by Crippen LogP contribution is -2.19. The molecule has 0 spiro atoms. The molecule has 13 nitrogen and oxygen atoms in total. The van der Waals surface area contributed by atoms with E-state index in [1.807, 2.05) is 0 Å². The molecule has 33 heavy (non-hydrogen) atoms. The Labute approximate surface area is 181 Å². The van der Waals surface area contributed by atoms with E-state index >= 15 is 0 Å². The van der Waals surface area contributed by atoms with E-state index in [9.17, 15) is 23.7 Å². The SMILES string of the molecule is Nc1nonc1-n1nnc(C(=O)N/N=C\c2cc(F)ccc2F)c1-c1ccc([N+](=O)[O-])cc1. The highest BCUT2D eigenvalue weighted by Gasteiger charge is 2.25. The Hall–Kier alpha value is -5.08. The molecule has 0 aliphatic carbocycles. The van der Waals surface area contributed by atoms with E-state index in [2.05, 4.69) is 35.8 Å². The number of nitrogens with zero attached hydrogens (tertiary/aromatic N) is 7. The smallest absolute Gasteiger partial charge is 0.294 e. The fourth-order valence-electron chi connectivity index (χ4n) is 2.75. The van der Waals surface area contributed by atoms with Gasteiger partial charge in [0.05, 0.1) is 11.1 Å². The van der Waals surface area contributed by atoms with Gasteiger partial charge in [-0.2, -0.15) is 9.78 Å². The molecule has 0 radical (unpaired) electrons. The van der Waals surface area contributed by atoms with Crippen LogP contribution in [0.5, 0.6) is 0 Å². The molecule has 2 aromatic carbocycles. The second-order valence-electron chi connectivity index (χ2n) is 6.34. The van der Waals surface area contributed by atoms with Gasteiger partial charge < -0.3 is 5.73 Å². The van der Waals surface area contributed by atoms with Crippen LogP contribution < -0.4 is 11.2 Å². The Morgan fingerprint density at radius 3 is 2.64 bits per heavy atom. The molecule has 3 N–H and O–H groups in total. The standard InChI is InChI=1S/C18H11F2N9O4/c19-11-3-6-13(20)10(7-11)8-22-24-18(30)14-15(9-1-4-12(5-2-9)29(31)32)28(27-23-14)17-16(21)25-33-26-17/h1-8H,(H2,21,25)(H,24,30)/b22-8-. The average Bonchev–Trinajstić information content (AvgIpc) is 3.42. The summed E-state index contributed by atoms with van der Waals surface area (Å²) in [5, 5.41) is 29.3. The third-order valence-electron chi connectivity index (χ3n) is 4.26. The number of hydrogen-bond acceptors (Lipinski definition) is 10. The number of nitrogens with one attached hydrogen (secondary N) is 1. The zero-order valence-corrected chi connectivity index (χ0v) is 16.2. The van der Waals surface area contributed by atoms with Crippen LogP contribution in [0.3, 0.4) is 0 Å². The molecular formula is C18H11F2N9O4. The molecular weight excluding hydrogens is 444 g/mol. The molecule has 0 atom stereocenters. The molecule has 166 valence electrons. The van der Waals surface area contributed by atoms with Gasteiger partial charge in [0.15, 0.2) is 5.69 Å². The van der Waals surface area contributed by atoms with E-state index in [0.717, 1.165) is 29.1 Å². The molecule has 4 rings (SSSR count). The number of nitro benzene ring substituents is 1. The predicted octanol–water partition coefficient (Wildman–Crippen LogP) is 1.85. The first-order valence-corrected chi connectivity index (χ1v) is 8.92. The van der Waals surface area contributed by atoms with Gasteiger partial charge in [0, 0.05) is 23.3 Å². The Kier molecular flexibility index (Phi) is 5.50. The number of hydrazone groups is 1. The number of carbonyl (C=O) groups is 1. The topological polar surface area (TPSA) is 180 Å². The van der Waals surface area contributed by atoms with Gasteiger partial charge in [0.2, 0.25) is 11.6 Å². The van der Waals surface area contributed by atoms with Crippen LogP contribution in [0.15, 0.2) is 52.2 Å². The molecule has 0 fully saturated rings. The number of hydrogen-bond donors (Lipinski definition) is 2. The molecule has 0 saturated heterocycles. The minimum absolute atomic E-state index is 0.0388. The fourth-order valence-corrected chi connectivity index (χ4v) is 2.75. The largest absolute Gasteiger partial charge is 0.378 e. The molecule has 2 aromatic heterocycles. The van der Waals surface area contributed by atoms with Gasteiger partial charge in [0.25, 0.3) is 11.6 Å². The number of rotatable bonds is 6. The van der Waals surface area contributed by atoms with E-state index in [1.165, 1.54) is 24.3 Å². The molecule has 1 amide bonds. The van der Waals surface area contributed by atoms with Gasteiger partial charge in [-0.1, -0.05) is 5.21 Å². The van der Waals surface area contributed by atoms with E-state index < -0.39 is 22.5 Å². The molecule has 0 bridgehead atoms. The Morgan fingerprint density at radius 1 is 1.21 bits per heavy atom. The number of halogens is 2. The number of non-ortho nitro benzene ring substituents is 1. The first-order valence-electron chi connectivity index (χ1n) is 8.92. The molecule has 4 aromatic rings. The third-order valence-corrected chi connectivity index (χ3v) is 4.26. The summed E-state index contributed by atoms with van der Waals surface area (Å²) in [7, 11) is 0. The van der Waals surface area contributed by atoms with Crippen LogP contribution in [0.1, 0.15) is 16.1 Å².